The summed E-state index contributed by atoms with van der Waals surface area (Å²) < 4.78 is 41.4. The molecule has 0 unspecified atom stereocenters. The molecule has 0 radical (unpaired) electrons. The molecule has 0 saturated heterocycles. The standard InChI is InChI=1S/C18H20F3N7/c1-10-13(9-28(27-10)17(2,3)14-6-7-23-26-14)24-16-22-8-12(18(19,20)21)15(25-16)11-4-5-11/h6-9,11H,4-5H2,1-3H3,(H,23,26)(H,22,24,25). The van der Waals surface area contributed by atoms with E-state index in [-0.39, 0.29) is 17.6 Å². The number of hydrogen-bond acceptors (Lipinski definition) is 5. The van der Waals surface area contributed by atoms with Crippen molar-refractivity contribution in [1.82, 2.24) is 29.9 Å². The van der Waals surface area contributed by atoms with Gasteiger partial charge in [0.15, 0.2) is 0 Å². The first-order chi connectivity index (χ1) is 13.2. The van der Waals surface area contributed by atoms with E-state index in [9.17, 15) is 13.2 Å². The van der Waals surface area contributed by atoms with Crippen molar-refractivity contribution in [2.24, 2.45) is 0 Å². The first-order valence-electron chi connectivity index (χ1n) is 8.94. The van der Waals surface area contributed by atoms with Gasteiger partial charge in [0, 0.05) is 24.5 Å². The zero-order chi connectivity index (χ0) is 20.1. The zero-order valence-corrected chi connectivity index (χ0v) is 15.7. The molecule has 28 heavy (non-hydrogen) atoms. The van der Waals surface area contributed by atoms with Crippen LogP contribution in [0.2, 0.25) is 0 Å². The van der Waals surface area contributed by atoms with Gasteiger partial charge in [-0.3, -0.25) is 9.78 Å². The topological polar surface area (TPSA) is 84.3 Å². The van der Waals surface area contributed by atoms with Crippen LogP contribution in [0.25, 0.3) is 0 Å². The molecular formula is C18H20F3N7. The lowest BCUT2D eigenvalue weighted by Gasteiger charge is -2.23. The van der Waals surface area contributed by atoms with Crippen LogP contribution in [0.3, 0.4) is 0 Å². The predicted molar refractivity (Wildman–Crippen MR) is 96.3 cm³/mol. The average molecular weight is 391 g/mol. The van der Waals surface area contributed by atoms with Crippen molar-refractivity contribution in [3.8, 4) is 0 Å². The molecule has 0 aliphatic heterocycles. The number of nitrogens with zero attached hydrogens (tertiary/aromatic N) is 5. The van der Waals surface area contributed by atoms with Gasteiger partial charge in [-0.05, 0) is 39.7 Å². The molecule has 3 aromatic rings. The Bertz CT molecular complexity index is 985. The maximum Gasteiger partial charge on any atom is 0.419 e. The molecule has 1 saturated carbocycles. The van der Waals surface area contributed by atoms with Crippen LogP contribution in [-0.4, -0.2) is 29.9 Å². The normalized spacial score (nSPS) is 15.1. The van der Waals surface area contributed by atoms with Crippen molar-refractivity contribution in [3.63, 3.8) is 0 Å². The molecule has 1 aliphatic carbocycles. The Morgan fingerprint density at radius 3 is 2.61 bits per heavy atom. The second-order valence-corrected chi connectivity index (χ2v) is 7.49. The molecule has 1 fully saturated rings. The molecule has 10 heteroatoms. The third-order valence-corrected chi connectivity index (χ3v) is 4.97. The lowest BCUT2D eigenvalue weighted by molar-refractivity contribution is -0.138. The molecular weight excluding hydrogens is 371 g/mol. The van der Waals surface area contributed by atoms with Crippen LogP contribution in [0.5, 0.6) is 0 Å². The summed E-state index contributed by atoms with van der Waals surface area (Å²) in [6.07, 6.45) is 1.29. The first kappa shape index (κ1) is 18.5. The lowest BCUT2D eigenvalue weighted by atomic mass is 10.0. The van der Waals surface area contributed by atoms with Gasteiger partial charge in [0.1, 0.15) is 0 Å². The Morgan fingerprint density at radius 2 is 2.00 bits per heavy atom. The summed E-state index contributed by atoms with van der Waals surface area (Å²) >= 11 is 0. The SMILES string of the molecule is Cc1nn(C(C)(C)c2ccn[nH]2)cc1Nc1ncc(C(F)(F)F)c(C2CC2)n1. The van der Waals surface area contributed by atoms with Gasteiger partial charge in [0.2, 0.25) is 5.95 Å². The van der Waals surface area contributed by atoms with E-state index >= 15 is 0 Å². The average Bonchev–Trinajstić information content (AvgIpc) is 3.17. The van der Waals surface area contributed by atoms with Gasteiger partial charge in [-0.15, -0.1) is 0 Å². The fourth-order valence-electron chi connectivity index (χ4n) is 3.05. The van der Waals surface area contributed by atoms with Crippen molar-refractivity contribution in [3.05, 3.63) is 47.3 Å². The Hall–Kier alpha value is -2.91. The number of nitrogens with one attached hydrogen (secondary N) is 2. The summed E-state index contributed by atoms with van der Waals surface area (Å²) in [6, 6.07) is 1.87. The molecule has 0 bridgehead atoms. The number of rotatable bonds is 5. The number of alkyl halides is 3. The molecule has 0 spiro atoms. The van der Waals surface area contributed by atoms with E-state index in [1.165, 1.54) is 0 Å². The Labute approximate surface area is 159 Å². The highest BCUT2D eigenvalue weighted by Crippen LogP contribution is 2.45. The highest BCUT2D eigenvalue weighted by Gasteiger charge is 2.40. The Morgan fingerprint density at radius 1 is 1.25 bits per heavy atom. The van der Waals surface area contributed by atoms with Crippen LogP contribution < -0.4 is 5.32 Å². The van der Waals surface area contributed by atoms with Crippen LogP contribution in [-0.2, 0) is 11.7 Å². The van der Waals surface area contributed by atoms with Crippen LogP contribution in [0, 0.1) is 6.92 Å². The summed E-state index contributed by atoms with van der Waals surface area (Å²) in [5.74, 6) is -0.0137. The van der Waals surface area contributed by atoms with Gasteiger partial charge >= 0.3 is 6.18 Å². The van der Waals surface area contributed by atoms with Gasteiger partial charge in [-0.25, -0.2) is 9.97 Å². The monoisotopic (exact) mass is 391 g/mol. The second-order valence-electron chi connectivity index (χ2n) is 7.49. The van der Waals surface area contributed by atoms with Crippen molar-refractivity contribution in [2.75, 3.05) is 5.32 Å². The highest BCUT2D eigenvalue weighted by molar-refractivity contribution is 5.55. The number of anilines is 2. The third-order valence-electron chi connectivity index (χ3n) is 4.97. The van der Waals surface area contributed by atoms with E-state index in [1.54, 1.807) is 17.1 Å². The van der Waals surface area contributed by atoms with Gasteiger partial charge in [-0.2, -0.15) is 23.4 Å². The van der Waals surface area contributed by atoms with Gasteiger partial charge in [-0.1, -0.05) is 0 Å². The van der Waals surface area contributed by atoms with E-state index in [2.05, 4.69) is 30.6 Å². The molecule has 4 rings (SSSR count). The minimum absolute atomic E-state index is 0.0628. The Balaban J connectivity index is 1.64. The summed E-state index contributed by atoms with van der Waals surface area (Å²) in [4.78, 5) is 8.04. The van der Waals surface area contributed by atoms with E-state index in [1.807, 2.05) is 26.8 Å². The maximum atomic E-state index is 13.2. The van der Waals surface area contributed by atoms with E-state index in [4.69, 9.17) is 0 Å². The molecule has 0 atom stereocenters. The fraction of sp³-hybridized carbons (Fsp3) is 0.444. The van der Waals surface area contributed by atoms with Gasteiger partial charge in [0.25, 0.3) is 0 Å². The Kier molecular flexibility index (Phi) is 4.16. The minimum Gasteiger partial charge on any atom is -0.321 e. The van der Waals surface area contributed by atoms with Crippen LogP contribution in [0.15, 0.2) is 24.7 Å². The number of H-pyrrole nitrogens is 1. The lowest BCUT2D eigenvalue weighted by Crippen LogP contribution is -2.28. The molecule has 0 aromatic carbocycles. The highest BCUT2D eigenvalue weighted by atomic mass is 19.4. The summed E-state index contributed by atoms with van der Waals surface area (Å²) in [5.41, 5.74) is 1.02. The van der Waals surface area contributed by atoms with Crippen molar-refractivity contribution < 1.29 is 13.2 Å². The second kappa shape index (κ2) is 6.32. The van der Waals surface area contributed by atoms with Crippen molar-refractivity contribution in [2.45, 2.75) is 51.2 Å². The molecule has 1 aliphatic rings. The third kappa shape index (κ3) is 3.34. The molecule has 3 aromatic heterocycles. The fourth-order valence-corrected chi connectivity index (χ4v) is 3.05. The summed E-state index contributed by atoms with van der Waals surface area (Å²) in [7, 11) is 0. The van der Waals surface area contributed by atoms with Gasteiger partial charge < -0.3 is 5.32 Å². The van der Waals surface area contributed by atoms with Crippen LogP contribution >= 0.6 is 0 Å². The summed E-state index contributed by atoms with van der Waals surface area (Å²) in [6.45, 7) is 5.78. The zero-order valence-electron chi connectivity index (χ0n) is 15.7. The van der Waals surface area contributed by atoms with Crippen LogP contribution in [0.4, 0.5) is 24.8 Å². The number of aryl methyl sites for hydroxylation is 1. The van der Waals surface area contributed by atoms with Gasteiger partial charge in [0.05, 0.1) is 33.9 Å². The smallest absolute Gasteiger partial charge is 0.321 e. The van der Waals surface area contributed by atoms with Crippen molar-refractivity contribution in [1.29, 1.82) is 0 Å². The molecule has 2 N–H and O–H groups in total. The van der Waals surface area contributed by atoms with E-state index in [0.29, 0.717) is 11.4 Å². The van der Waals surface area contributed by atoms with E-state index < -0.39 is 17.3 Å². The van der Waals surface area contributed by atoms with Crippen LogP contribution in [0.1, 0.15) is 55.3 Å². The van der Waals surface area contributed by atoms with Crippen molar-refractivity contribution >= 4 is 11.6 Å². The molecule has 3 heterocycles. The number of aromatic amines is 1. The van der Waals surface area contributed by atoms with E-state index in [0.717, 1.165) is 24.7 Å². The summed E-state index contributed by atoms with van der Waals surface area (Å²) in [5, 5.41) is 14.5. The molecule has 0 amide bonds. The minimum atomic E-state index is -4.45. The largest absolute Gasteiger partial charge is 0.419 e. The predicted octanol–water partition coefficient (Wildman–Crippen LogP) is 4.13. The number of halogens is 3. The number of hydrogen-bond donors (Lipinski definition) is 2. The maximum absolute atomic E-state index is 13.2. The molecule has 7 nitrogen and oxygen atoms in total. The molecule has 148 valence electrons. The quantitative estimate of drug-likeness (QED) is 0.683. The first-order valence-corrected chi connectivity index (χ1v) is 8.94. The number of aromatic nitrogens is 6.